The van der Waals surface area contributed by atoms with Crippen LogP contribution in [0.15, 0.2) is 6.07 Å². The Hall–Kier alpha value is -1.65. The summed E-state index contributed by atoms with van der Waals surface area (Å²) in [5.41, 5.74) is 1.91. The van der Waals surface area contributed by atoms with E-state index in [1.807, 2.05) is 40.7 Å². The quantitative estimate of drug-likeness (QED) is 0.876. The number of nitrogens with one attached hydrogen (secondary N) is 1. The molecule has 1 fully saturated rings. The molecule has 0 saturated carbocycles. The van der Waals surface area contributed by atoms with Crippen LogP contribution < -0.4 is 10.2 Å². The van der Waals surface area contributed by atoms with Crippen molar-refractivity contribution in [2.24, 2.45) is 5.92 Å². The maximum atomic E-state index is 12.0. The molecule has 2 heterocycles. The zero-order valence-electron chi connectivity index (χ0n) is 12.3. The minimum absolute atomic E-state index is 0.0580. The predicted octanol–water partition coefficient (Wildman–Crippen LogP) is 1.44. The zero-order chi connectivity index (χ0) is 14.2. The predicted molar refractivity (Wildman–Crippen MR) is 75.1 cm³/mol. The highest BCUT2D eigenvalue weighted by Crippen LogP contribution is 2.24. The molecule has 1 amide bonds. The van der Waals surface area contributed by atoms with E-state index in [-0.39, 0.29) is 17.4 Å². The molecule has 0 atom stereocenters. The SMILES string of the molecule is Cc1cc(N2CC(C(=O)NC(C)(C)C)C2)nnc1C. The van der Waals surface area contributed by atoms with Crippen LogP contribution in [-0.4, -0.2) is 34.7 Å². The summed E-state index contributed by atoms with van der Waals surface area (Å²) in [6.07, 6.45) is 0. The standard InChI is InChI=1S/C14H22N4O/c1-9-6-12(17-16-10(9)2)18-7-11(8-18)13(19)15-14(3,4)5/h6,11H,7-8H2,1-5H3,(H,15,19). The number of nitrogens with zero attached hydrogens (tertiary/aromatic N) is 3. The second-order valence-electron chi connectivity index (χ2n) is 6.31. The lowest BCUT2D eigenvalue weighted by molar-refractivity contribution is -0.127. The first kappa shape index (κ1) is 13.8. The summed E-state index contributed by atoms with van der Waals surface area (Å²) >= 11 is 0. The first-order chi connectivity index (χ1) is 8.76. The molecule has 1 saturated heterocycles. The van der Waals surface area contributed by atoms with Crippen LogP contribution in [0.3, 0.4) is 0 Å². The largest absolute Gasteiger partial charge is 0.353 e. The molecule has 0 spiro atoms. The van der Waals surface area contributed by atoms with Crippen molar-refractivity contribution in [3.8, 4) is 0 Å². The lowest BCUT2D eigenvalue weighted by Gasteiger charge is -2.40. The van der Waals surface area contributed by atoms with E-state index in [1.165, 1.54) is 0 Å². The van der Waals surface area contributed by atoms with Crippen LogP contribution in [0.2, 0.25) is 0 Å². The minimum Gasteiger partial charge on any atom is -0.353 e. The maximum Gasteiger partial charge on any atom is 0.227 e. The van der Waals surface area contributed by atoms with Crippen LogP contribution >= 0.6 is 0 Å². The Balaban J connectivity index is 1.92. The van der Waals surface area contributed by atoms with E-state index in [0.29, 0.717) is 0 Å². The summed E-state index contributed by atoms with van der Waals surface area (Å²) in [6.45, 7) is 11.4. The van der Waals surface area contributed by atoms with Crippen LogP contribution in [0.25, 0.3) is 0 Å². The molecule has 0 bridgehead atoms. The number of hydrogen-bond donors (Lipinski definition) is 1. The van der Waals surface area contributed by atoms with Crippen LogP contribution in [0.5, 0.6) is 0 Å². The number of aromatic nitrogens is 2. The van der Waals surface area contributed by atoms with Gasteiger partial charge in [0.2, 0.25) is 5.91 Å². The van der Waals surface area contributed by atoms with Gasteiger partial charge >= 0.3 is 0 Å². The van der Waals surface area contributed by atoms with Gasteiger partial charge in [0, 0.05) is 18.6 Å². The number of amides is 1. The molecule has 1 aromatic rings. The Kier molecular flexibility index (Phi) is 3.47. The highest BCUT2D eigenvalue weighted by atomic mass is 16.2. The summed E-state index contributed by atoms with van der Waals surface area (Å²) in [4.78, 5) is 14.1. The monoisotopic (exact) mass is 262 g/mol. The average Bonchev–Trinajstić information content (AvgIpc) is 2.18. The molecule has 5 nitrogen and oxygen atoms in total. The zero-order valence-corrected chi connectivity index (χ0v) is 12.3. The van der Waals surface area contributed by atoms with Gasteiger partial charge in [-0.2, -0.15) is 5.10 Å². The second kappa shape index (κ2) is 4.79. The van der Waals surface area contributed by atoms with E-state index in [0.717, 1.165) is 30.2 Å². The Labute approximate surface area is 114 Å². The normalized spacial score (nSPS) is 16.2. The van der Waals surface area contributed by atoms with Crippen LogP contribution in [0, 0.1) is 19.8 Å². The van der Waals surface area contributed by atoms with Gasteiger partial charge in [-0.15, -0.1) is 5.10 Å². The lowest BCUT2D eigenvalue weighted by Crippen LogP contribution is -2.56. The van der Waals surface area contributed by atoms with Crippen molar-refractivity contribution in [3.63, 3.8) is 0 Å². The van der Waals surface area contributed by atoms with E-state index in [2.05, 4.69) is 20.4 Å². The van der Waals surface area contributed by atoms with Crippen LogP contribution in [0.1, 0.15) is 32.0 Å². The fraction of sp³-hybridized carbons (Fsp3) is 0.643. The third-order valence-corrected chi connectivity index (χ3v) is 3.29. The lowest BCUT2D eigenvalue weighted by atomic mass is 9.97. The summed E-state index contributed by atoms with van der Waals surface area (Å²) in [7, 11) is 0. The first-order valence-electron chi connectivity index (χ1n) is 6.64. The van der Waals surface area contributed by atoms with E-state index in [9.17, 15) is 4.79 Å². The molecule has 0 unspecified atom stereocenters. The topological polar surface area (TPSA) is 58.1 Å². The van der Waals surface area contributed by atoms with Crippen LogP contribution in [-0.2, 0) is 4.79 Å². The van der Waals surface area contributed by atoms with Gasteiger partial charge in [0.1, 0.15) is 0 Å². The van der Waals surface area contributed by atoms with Gasteiger partial charge in [-0.05, 0) is 46.2 Å². The van der Waals surface area contributed by atoms with Crippen molar-refractivity contribution in [1.82, 2.24) is 15.5 Å². The molecule has 0 aromatic carbocycles. The summed E-state index contributed by atoms with van der Waals surface area (Å²) < 4.78 is 0. The summed E-state index contributed by atoms with van der Waals surface area (Å²) in [5, 5.41) is 11.3. The van der Waals surface area contributed by atoms with Gasteiger partial charge in [-0.25, -0.2) is 0 Å². The Morgan fingerprint density at radius 2 is 1.95 bits per heavy atom. The summed E-state index contributed by atoms with van der Waals surface area (Å²) in [5.74, 6) is 1.05. The first-order valence-corrected chi connectivity index (χ1v) is 6.64. The number of hydrogen-bond acceptors (Lipinski definition) is 4. The van der Waals surface area contributed by atoms with Gasteiger partial charge in [0.05, 0.1) is 11.6 Å². The molecule has 1 aliphatic heterocycles. The fourth-order valence-corrected chi connectivity index (χ4v) is 1.99. The van der Waals surface area contributed by atoms with Crippen molar-refractivity contribution >= 4 is 11.7 Å². The molecule has 0 radical (unpaired) electrons. The van der Waals surface area contributed by atoms with Crippen LogP contribution in [0.4, 0.5) is 5.82 Å². The van der Waals surface area contributed by atoms with Gasteiger partial charge in [-0.1, -0.05) is 0 Å². The molecule has 0 aliphatic carbocycles. The third kappa shape index (κ3) is 3.22. The second-order valence-corrected chi connectivity index (χ2v) is 6.31. The van der Waals surface area contributed by atoms with Crippen molar-refractivity contribution in [1.29, 1.82) is 0 Å². The van der Waals surface area contributed by atoms with Crippen molar-refractivity contribution in [2.45, 2.75) is 40.2 Å². The fourth-order valence-electron chi connectivity index (χ4n) is 1.99. The van der Waals surface area contributed by atoms with Gasteiger partial charge in [0.25, 0.3) is 0 Å². The number of aryl methyl sites for hydroxylation is 2. The number of carbonyl (C=O) groups is 1. The van der Waals surface area contributed by atoms with Crippen molar-refractivity contribution < 1.29 is 4.79 Å². The Morgan fingerprint density at radius 1 is 1.32 bits per heavy atom. The number of anilines is 1. The molecular formula is C14H22N4O. The average molecular weight is 262 g/mol. The highest BCUT2D eigenvalue weighted by molar-refractivity contribution is 5.82. The van der Waals surface area contributed by atoms with E-state index in [4.69, 9.17) is 0 Å². The third-order valence-electron chi connectivity index (χ3n) is 3.29. The molecule has 1 N–H and O–H groups in total. The van der Waals surface area contributed by atoms with Crippen molar-refractivity contribution in [2.75, 3.05) is 18.0 Å². The van der Waals surface area contributed by atoms with Gasteiger partial charge < -0.3 is 10.2 Å². The van der Waals surface area contributed by atoms with Gasteiger partial charge in [-0.3, -0.25) is 4.79 Å². The molecule has 5 heteroatoms. The molecule has 19 heavy (non-hydrogen) atoms. The summed E-state index contributed by atoms with van der Waals surface area (Å²) in [6, 6.07) is 2.03. The van der Waals surface area contributed by atoms with E-state index < -0.39 is 0 Å². The highest BCUT2D eigenvalue weighted by Gasteiger charge is 2.35. The molecule has 1 aromatic heterocycles. The molecule has 2 rings (SSSR count). The maximum absolute atomic E-state index is 12.0. The Bertz CT molecular complexity index is 487. The molecule has 104 valence electrons. The number of rotatable bonds is 2. The van der Waals surface area contributed by atoms with E-state index in [1.54, 1.807) is 0 Å². The smallest absolute Gasteiger partial charge is 0.227 e. The van der Waals surface area contributed by atoms with E-state index >= 15 is 0 Å². The molecule has 1 aliphatic rings. The minimum atomic E-state index is -0.169. The van der Waals surface area contributed by atoms with Gasteiger partial charge in [0.15, 0.2) is 5.82 Å². The Morgan fingerprint density at radius 3 is 2.47 bits per heavy atom. The number of carbonyl (C=O) groups excluding carboxylic acids is 1. The molecular weight excluding hydrogens is 240 g/mol. The van der Waals surface area contributed by atoms with Crippen molar-refractivity contribution in [3.05, 3.63) is 17.3 Å².